The molecule has 1 rings (SSSR count). The van der Waals surface area contributed by atoms with Crippen LogP contribution in [0.3, 0.4) is 0 Å². The monoisotopic (exact) mass is 243 g/mol. The fourth-order valence-corrected chi connectivity index (χ4v) is 2.19. The van der Waals surface area contributed by atoms with Gasteiger partial charge in [-0.05, 0) is 26.2 Å². The van der Waals surface area contributed by atoms with Crippen LogP contribution in [0.2, 0.25) is 0 Å². The molecule has 100 valence electrons. The zero-order valence-electron chi connectivity index (χ0n) is 11.2. The van der Waals surface area contributed by atoms with E-state index in [9.17, 15) is 4.79 Å². The van der Waals surface area contributed by atoms with Crippen LogP contribution in [0.25, 0.3) is 0 Å². The van der Waals surface area contributed by atoms with Crippen LogP contribution >= 0.6 is 0 Å². The Hall–Kier alpha value is -0.610. The van der Waals surface area contributed by atoms with Gasteiger partial charge in [0, 0.05) is 13.0 Å². The summed E-state index contributed by atoms with van der Waals surface area (Å²) in [5.41, 5.74) is 4.93. The van der Waals surface area contributed by atoms with Gasteiger partial charge in [-0.1, -0.05) is 19.3 Å². The lowest BCUT2D eigenvalue weighted by molar-refractivity contribution is -0.147. The second-order valence-corrected chi connectivity index (χ2v) is 5.38. The Morgan fingerprint density at radius 2 is 2.18 bits per heavy atom. The van der Waals surface area contributed by atoms with E-state index in [2.05, 4.69) is 4.74 Å². The Morgan fingerprint density at radius 1 is 1.53 bits per heavy atom. The minimum atomic E-state index is -0.954. The van der Waals surface area contributed by atoms with E-state index in [1.54, 1.807) is 6.92 Å². The molecule has 0 aromatic rings. The maximum Gasteiger partial charge on any atom is 0.325 e. The second-order valence-electron chi connectivity index (χ2n) is 5.38. The Kier molecular flexibility index (Phi) is 5.40. The predicted molar refractivity (Wildman–Crippen MR) is 66.6 cm³/mol. The summed E-state index contributed by atoms with van der Waals surface area (Å²) in [7, 11) is 1.36. The zero-order valence-corrected chi connectivity index (χ0v) is 11.2. The molecular formula is C13H25NO3. The summed E-state index contributed by atoms with van der Waals surface area (Å²) in [5.74, 6) is 0.471. The highest BCUT2D eigenvalue weighted by molar-refractivity contribution is 5.79. The number of carbonyl (C=O) groups is 1. The number of hydrogen-bond acceptors (Lipinski definition) is 4. The van der Waals surface area contributed by atoms with E-state index in [0.717, 1.165) is 18.9 Å². The van der Waals surface area contributed by atoms with Crippen molar-refractivity contribution in [3.8, 4) is 0 Å². The predicted octanol–water partition coefficient (Wildman–Crippen LogP) is 1.86. The fourth-order valence-electron chi connectivity index (χ4n) is 2.19. The van der Waals surface area contributed by atoms with Crippen molar-refractivity contribution in [1.82, 2.24) is 0 Å². The van der Waals surface area contributed by atoms with Crippen LogP contribution in [0.1, 0.15) is 46.0 Å². The van der Waals surface area contributed by atoms with E-state index in [1.807, 2.05) is 6.92 Å². The Morgan fingerprint density at radius 3 is 2.65 bits per heavy atom. The molecule has 0 aromatic carbocycles. The number of rotatable bonds is 7. The number of carbonyl (C=O) groups excluding carboxylic acids is 1. The molecule has 1 saturated carbocycles. The second kappa shape index (κ2) is 6.36. The third kappa shape index (κ3) is 4.64. The molecule has 0 bridgehead atoms. The van der Waals surface area contributed by atoms with Crippen LogP contribution in [0.15, 0.2) is 0 Å². The topological polar surface area (TPSA) is 61.5 Å². The Balaban J connectivity index is 2.18. The molecule has 4 heteroatoms. The normalized spacial score (nSPS) is 21.4. The molecule has 0 heterocycles. The van der Waals surface area contributed by atoms with E-state index in [0.29, 0.717) is 6.42 Å². The molecule has 1 fully saturated rings. The molecule has 0 radical (unpaired) electrons. The molecule has 0 saturated heterocycles. The van der Waals surface area contributed by atoms with Gasteiger partial charge in [-0.2, -0.15) is 0 Å². The van der Waals surface area contributed by atoms with E-state index >= 15 is 0 Å². The molecule has 17 heavy (non-hydrogen) atoms. The highest BCUT2D eigenvalue weighted by atomic mass is 16.5. The van der Waals surface area contributed by atoms with Crippen LogP contribution < -0.4 is 5.73 Å². The lowest BCUT2D eigenvalue weighted by Crippen LogP contribution is -2.48. The quantitative estimate of drug-likeness (QED) is 0.693. The van der Waals surface area contributed by atoms with Gasteiger partial charge in [0.05, 0.1) is 13.2 Å². The Bertz CT molecular complexity index is 249. The lowest BCUT2D eigenvalue weighted by atomic mass is 9.83. The van der Waals surface area contributed by atoms with Crippen LogP contribution in [0.4, 0.5) is 0 Å². The van der Waals surface area contributed by atoms with Crippen molar-refractivity contribution in [3.05, 3.63) is 0 Å². The SMILES string of the molecule is COC(=O)C(C)(N)CC(C)OCCC1CCC1. The van der Waals surface area contributed by atoms with Gasteiger partial charge >= 0.3 is 5.97 Å². The molecule has 2 unspecified atom stereocenters. The van der Waals surface area contributed by atoms with Crippen molar-refractivity contribution in [2.45, 2.75) is 57.6 Å². The van der Waals surface area contributed by atoms with E-state index in [-0.39, 0.29) is 12.1 Å². The highest BCUT2D eigenvalue weighted by Gasteiger charge is 2.31. The third-order valence-electron chi connectivity index (χ3n) is 3.52. The van der Waals surface area contributed by atoms with Gasteiger partial charge in [0.25, 0.3) is 0 Å². The van der Waals surface area contributed by atoms with Gasteiger partial charge < -0.3 is 15.2 Å². The van der Waals surface area contributed by atoms with Crippen molar-refractivity contribution in [3.63, 3.8) is 0 Å². The highest BCUT2D eigenvalue weighted by Crippen LogP contribution is 2.29. The molecule has 0 amide bonds. The molecule has 1 aliphatic carbocycles. The number of hydrogen-bond donors (Lipinski definition) is 1. The summed E-state index contributed by atoms with van der Waals surface area (Å²) in [6, 6.07) is 0. The van der Waals surface area contributed by atoms with E-state index in [1.165, 1.54) is 26.4 Å². The van der Waals surface area contributed by atoms with Crippen LogP contribution in [-0.4, -0.2) is 31.3 Å². The first-order valence-corrected chi connectivity index (χ1v) is 6.44. The summed E-state index contributed by atoms with van der Waals surface area (Å²) < 4.78 is 10.4. The lowest BCUT2D eigenvalue weighted by Gasteiger charge is -2.28. The molecular weight excluding hydrogens is 218 g/mol. The smallest absolute Gasteiger partial charge is 0.325 e. The van der Waals surface area contributed by atoms with Crippen LogP contribution in [-0.2, 0) is 14.3 Å². The van der Waals surface area contributed by atoms with Crippen LogP contribution in [0, 0.1) is 5.92 Å². The average Bonchev–Trinajstić information content (AvgIpc) is 2.19. The van der Waals surface area contributed by atoms with Gasteiger partial charge in [0.15, 0.2) is 0 Å². The largest absolute Gasteiger partial charge is 0.468 e. The first kappa shape index (κ1) is 14.5. The summed E-state index contributed by atoms with van der Waals surface area (Å²) in [6.45, 7) is 4.41. The molecule has 0 aromatic heterocycles. The number of esters is 1. The maximum absolute atomic E-state index is 11.4. The minimum Gasteiger partial charge on any atom is -0.468 e. The number of nitrogens with two attached hydrogens (primary N) is 1. The van der Waals surface area contributed by atoms with Crippen LogP contribution in [0.5, 0.6) is 0 Å². The van der Waals surface area contributed by atoms with Gasteiger partial charge in [0.2, 0.25) is 0 Å². The van der Waals surface area contributed by atoms with Crippen molar-refractivity contribution in [1.29, 1.82) is 0 Å². The third-order valence-corrected chi connectivity index (χ3v) is 3.52. The van der Waals surface area contributed by atoms with Crippen molar-refractivity contribution in [2.75, 3.05) is 13.7 Å². The maximum atomic E-state index is 11.4. The van der Waals surface area contributed by atoms with Gasteiger partial charge in [-0.15, -0.1) is 0 Å². The standard InChI is InChI=1S/C13H25NO3/c1-10(9-13(2,14)12(15)16-3)17-8-7-11-5-4-6-11/h10-11H,4-9,14H2,1-3H3. The number of ether oxygens (including phenoxy) is 2. The molecule has 1 aliphatic rings. The van der Waals surface area contributed by atoms with Gasteiger partial charge in [-0.25, -0.2) is 0 Å². The number of methoxy groups -OCH3 is 1. The summed E-state index contributed by atoms with van der Waals surface area (Å²) >= 11 is 0. The average molecular weight is 243 g/mol. The fraction of sp³-hybridized carbons (Fsp3) is 0.923. The zero-order chi connectivity index (χ0) is 12.9. The molecule has 4 nitrogen and oxygen atoms in total. The summed E-state index contributed by atoms with van der Waals surface area (Å²) in [5, 5.41) is 0. The summed E-state index contributed by atoms with van der Waals surface area (Å²) in [6.07, 6.45) is 5.66. The van der Waals surface area contributed by atoms with Crippen molar-refractivity contribution >= 4 is 5.97 Å². The van der Waals surface area contributed by atoms with Crippen molar-refractivity contribution in [2.24, 2.45) is 11.7 Å². The minimum absolute atomic E-state index is 0.0100. The molecule has 2 atom stereocenters. The first-order valence-electron chi connectivity index (χ1n) is 6.44. The molecule has 2 N–H and O–H groups in total. The molecule has 0 spiro atoms. The van der Waals surface area contributed by atoms with Crippen molar-refractivity contribution < 1.29 is 14.3 Å². The first-order chi connectivity index (χ1) is 7.95. The van der Waals surface area contributed by atoms with E-state index in [4.69, 9.17) is 10.5 Å². The van der Waals surface area contributed by atoms with Gasteiger partial charge in [-0.3, -0.25) is 4.79 Å². The molecule has 0 aliphatic heterocycles. The van der Waals surface area contributed by atoms with Gasteiger partial charge in [0.1, 0.15) is 5.54 Å². The summed E-state index contributed by atoms with van der Waals surface area (Å²) in [4.78, 5) is 11.4. The Labute approximate surface area is 104 Å². The van der Waals surface area contributed by atoms with E-state index < -0.39 is 5.54 Å².